The topological polar surface area (TPSA) is 104 Å². The minimum atomic E-state index is -0.829. The number of benzene rings is 1. The second-order valence-electron chi connectivity index (χ2n) is 4.00. The molecule has 0 aliphatic heterocycles. The van der Waals surface area contributed by atoms with Gasteiger partial charge in [0.25, 0.3) is 5.91 Å². The normalized spacial score (nSPS) is 13.5. The van der Waals surface area contributed by atoms with Gasteiger partial charge in [-0.25, -0.2) is 5.48 Å². The van der Waals surface area contributed by atoms with Gasteiger partial charge >= 0.3 is 0 Å². The summed E-state index contributed by atoms with van der Waals surface area (Å²) in [6, 6.07) is 7.78. The molecular weight excluding hydrogens is 234 g/mol. The molecule has 0 spiro atoms. The number of rotatable bonds is 5. The highest BCUT2D eigenvalue weighted by Gasteiger charge is 2.19. The van der Waals surface area contributed by atoms with E-state index in [1.165, 1.54) is 12.4 Å². The van der Waals surface area contributed by atoms with E-state index >= 15 is 0 Å². The lowest BCUT2D eigenvalue weighted by atomic mass is 10.1. The molecule has 0 aromatic heterocycles. The van der Waals surface area contributed by atoms with Crippen LogP contribution in [0.5, 0.6) is 0 Å². The van der Waals surface area contributed by atoms with Gasteiger partial charge in [-0.1, -0.05) is 30.3 Å². The Morgan fingerprint density at radius 3 is 2.44 bits per heavy atom. The van der Waals surface area contributed by atoms with Gasteiger partial charge < -0.3 is 11.1 Å². The van der Waals surface area contributed by atoms with Crippen LogP contribution in [0.3, 0.4) is 0 Å². The SMILES string of the molecule is C[C@@H](NC(=O)[C@@H](N)Cc1ccccc1)C(=O)NO. The Hall–Kier alpha value is -1.92. The van der Waals surface area contributed by atoms with Crippen LogP contribution in [-0.4, -0.2) is 29.1 Å². The van der Waals surface area contributed by atoms with Gasteiger partial charge in [0, 0.05) is 0 Å². The van der Waals surface area contributed by atoms with Crippen LogP contribution in [0.1, 0.15) is 12.5 Å². The van der Waals surface area contributed by atoms with Gasteiger partial charge in [0.05, 0.1) is 6.04 Å². The number of amides is 2. The molecule has 0 unspecified atom stereocenters. The van der Waals surface area contributed by atoms with Gasteiger partial charge in [0.1, 0.15) is 6.04 Å². The van der Waals surface area contributed by atoms with Crippen molar-refractivity contribution >= 4 is 11.8 Å². The molecule has 0 heterocycles. The maximum Gasteiger partial charge on any atom is 0.265 e. The first-order chi connectivity index (χ1) is 8.54. The van der Waals surface area contributed by atoms with Crippen molar-refractivity contribution in [1.82, 2.24) is 10.8 Å². The van der Waals surface area contributed by atoms with Crippen molar-refractivity contribution < 1.29 is 14.8 Å². The van der Waals surface area contributed by atoms with E-state index in [0.717, 1.165) is 5.56 Å². The largest absolute Gasteiger partial charge is 0.343 e. The summed E-state index contributed by atoms with van der Waals surface area (Å²) in [6.07, 6.45) is 0.389. The highest BCUT2D eigenvalue weighted by Crippen LogP contribution is 2.02. The lowest BCUT2D eigenvalue weighted by Crippen LogP contribution is -2.50. The number of nitrogens with one attached hydrogen (secondary N) is 2. The van der Waals surface area contributed by atoms with E-state index in [9.17, 15) is 9.59 Å². The number of hydrogen-bond donors (Lipinski definition) is 4. The molecule has 0 fully saturated rings. The summed E-state index contributed by atoms with van der Waals surface area (Å²) in [6.45, 7) is 1.46. The molecule has 0 aliphatic carbocycles. The zero-order valence-corrected chi connectivity index (χ0v) is 10.1. The number of hydroxylamine groups is 1. The minimum Gasteiger partial charge on any atom is -0.343 e. The molecule has 0 saturated carbocycles. The fourth-order valence-electron chi connectivity index (χ4n) is 1.44. The fraction of sp³-hybridized carbons (Fsp3) is 0.333. The lowest BCUT2D eigenvalue weighted by Gasteiger charge is -2.16. The molecule has 2 amide bonds. The van der Waals surface area contributed by atoms with Crippen LogP contribution in [0.4, 0.5) is 0 Å². The Balaban J connectivity index is 2.49. The molecule has 1 aromatic rings. The van der Waals surface area contributed by atoms with Crippen LogP contribution in [0.25, 0.3) is 0 Å². The predicted molar refractivity (Wildman–Crippen MR) is 65.7 cm³/mol. The van der Waals surface area contributed by atoms with Gasteiger partial charge in [0.15, 0.2) is 0 Å². The molecule has 5 N–H and O–H groups in total. The van der Waals surface area contributed by atoms with Crippen molar-refractivity contribution in [2.24, 2.45) is 5.73 Å². The molecule has 0 bridgehead atoms. The van der Waals surface area contributed by atoms with Crippen LogP contribution in [-0.2, 0) is 16.0 Å². The van der Waals surface area contributed by atoms with Crippen LogP contribution in [0, 0.1) is 0 Å². The highest BCUT2D eigenvalue weighted by atomic mass is 16.5. The quantitative estimate of drug-likeness (QED) is 0.421. The Kier molecular flexibility index (Phi) is 5.29. The Labute approximate surface area is 105 Å². The van der Waals surface area contributed by atoms with E-state index in [-0.39, 0.29) is 0 Å². The maximum absolute atomic E-state index is 11.7. The molecular formula is C12H17N3O3. The monoisotopic (exact) mass is 251 g/mol. The highest BCUT2D eigenvalue weighted by molar-refractivity contribution is 5.89. The molecule has 98 valence electrons. The summed E-state index contributed by atoms with van der Waals surface area (Å²) in [5.74, 6) is -1.12. The number of hydrogen-bond acceptors (Lipinski definition) is 4. The summed E-state index contributed by atoms with van der Waals surface area (Å²) >= 11 is 0. The van der Waals surface area contributed by atoms with Gasteiger partial charge in [-0.15, -0.1) is 0 Å². The summed E-state index contributed by atoms with van der Waals surface area (Å²) < 4.78 is 0. The van der Waals surface area contributed by atoms with Crippen LogP contribution in [0.15, 0.2) is 30.3 Å². The van der Waals surface area contributed by atoms with Crippen molar-refractivity contribution in [3.05, 3.63) is 35.9 Å². The maximum atomic E-state index is 11.7. The van der Waals surface area contributed by atoms with Gasteiger partial charge in [-0.05, 0) is 18.9 Å². The van der Waals surface area contributed by atoms with E-state index in [0.29, 0.717) is 6.42 Å². The second-order valence-corrected chi connectivity index (χ2v) is 4.00. The third-order valence-corrected chi connectivity index (χ3v) is 2.50. The summed E-state index contributed by atoms with van der Waals surface area (Å²) in [4.78, 5) is 22.7. The van der Waals surface area contributed by atoms with E-state index in [2.05, 4.69) is 5.32 Å². The molecule has 6 heteroatoms. The van der Waals surface area contributed by atoms with Crippen LogP contribution in [0.2, 0.25) is 0 Å². The third-order valence-electron chi connectivity index (χ3n) is 2.50. The summed E-state index contributed by atoms with van der Waals surface area (Å²) in [5.41, 5.74) is 8.14. The van der Waals surface area contributed by atoms with E-state index in [1.807, 2.05) is 30.3 Å². The fourth-order valence-corrected chi connectivity index (χ4v) is 1.44. The first kappa shape index (κ1) is 14.1. The van der Waals surface area contributed by atoms with Crippen molar-refractivity contribution in [1.29, 1.82) is 0 Å². The smallest absolute Gasteiger partial charge is 0.265 e. The average molecular weight is 251 g/mol. The van der Waals surface area contributed by atoms with Gasteiger partial charge in [-0.2, -0.15) is 0 Å². The third kappa shape index (κ3) is 4.15. The predicted octanol–water partition coefficient (Wildman–Crippen LogP) is -0.433. The summed E-state index contributed by atoms with van der Waals surface area (Å²) in [5, 5.41) is 10.8. The Morgan fingerprint density at radius 2 is 1.89 bits per heavy atom. The van der Waals surface area contributed by atoms with Gasteiger partial charge in [-0.3, -0.25) is 14.8 Å². The standard InChI is InChI=1S/C12H17N3O3/c1-8(11(16)15-18)14-12(17)10(13)7-9-5-3-2-4-6-9/h2-6,8,10,18H,7,13H2,1H3,(H,14,17)(H,15,16)/t8-,10+/m1/s1. The number of nitrogens with two attached hydrogens (primary N) is 1. The Bertz CT molecular complexity index is 408. The van der Waals surface area contributed by atoms with Crippen molar-refractivity contribution in [2.45, 2.75) is 25.4 Å². The molecule has 1 rings (SSSR count). The number of carbonyl (C=O) groups is 2. The molecule has 18 heavy (non-hydrogen) atoms. The minimum absolute atomic E-state index is 0.389. The summed E-state index contributed by atoms with van der Waals surface area (Å²) in [7, 11) is 0. The van der Waals surface area contributed by atoms with E-state index in [4.69, 9.17) is 10.9 Å². The van der Waals surface area contributed by atoms with Crippen molar-refractivity contribution in [2.75, 3.05) is 0 Å². The van der Waals surface area contributed by atoms with Gasteiger partial charge in [0.2, 0.25) is 5.91 Å². The van der Waals surface area contributed by atoms with Crippen molar-refractivity contribution in [3.63, 3.8) is 0 Å². The molecule has 1 aromatic carbocycles. The second kappa shape index (κ2) is 6.73. The average Bonchev–Trinajstić information content (AvgIpc) is 2.38. The zero-order chi connectivity index (χ0) is 13.5. The van der Waals surface area contributed by atoms with Crippen LogP contribution >= 0.6 is 0 Å². The first-order valence-electron chi connectivity index (χ1n) is 5.58. The lowest BCUT2D eigenvalue weighted by molar-refractivity contribution is -0.134. The molecule has 6 nitrogen and oxygen atoms in total. The van der Waals surface area contributed by atoms with Crippen molar-refractivity contribution in [3.8, 4) is 0 Å². The van der Waals surface area contributed by atoms with E-state index < -0.39 is 23.9 Å². The first-order valence-corrected chi connectivity index (χ1v) is 5.58. The molecule has 0 aliphatic rings. The van der Waals surface area contributed by atoms with Crippen LogP contribution < -0.4 is 16.5 Å². The zero-order valence-electron chi connectivity index (χ0n) is 10.1. The van der Waals surface area contributed by atoms with E-state index in [1.54, 1.807) is 0 Å². The molecule has 0 radical (unpaired) electrons. The molecule has 0 saturated heterocycles. The molecule has 2 atom stereocenters. The Morgan fingerprint density at radius 1 is 1.28 bits per heavy atom. The number of carbonyl (C=O) groups excluding carboxylic acids is 2.